The summed E-state index contributed by atoms with van der Waals surface area (Å²) in [6.07, 6.45) is 0. The number of hydrogen-bond acceptors (Lipinski definition) is 2. The Hall–Kier alpha value is -1.77. The van der Waals surface area contributed by atoms with E-state index in [1.165, 1.54) is 16.7 Å². The van der Waals surface area contributed by atoms with E-state index in [0.717, 1.165) is 11.4 Å². The molecular formula is C15H21N3. The van der Waals surface area contributed by atoms with Crippen molar-refractivity contribution in [1.82, 2.24) is 9.78 Å². The molecule has 1 aromatic carbocycles. The lowest BCUT2D eigenvalue weighted by molar-refractivity contribution is 0.767. The summed E-state index contributed by atoms with van der Waals surface area (Å²) >= 11 is 0. The first kappa shape index (κ1) is 12.7. The van der Waals surface area contributed by atoms with Crippen LogP contribution >= 0.6 is 0 Å². The van der Waals surface area contributed by atoms with Gasteiger partial charge in [0.05, 0.1) is 11.4 Å². The Morgan fingerprint density at radius 3 is 2.06 bits per heavy atom. The van der Waals surface area contributed by atoms with Gasteiger partial charge >= 0.3 is 0 Å². The summed E-state index contributed by atoms with van der Waals surface area (Å²) in [4.78, 5) is 0. The second kappa shape index (κ2) is 4.48. The lowest BCUT2D eigenvalue weighted by Gasteiger charge is -2.12. The smallest absolute Gasteiger partial charge is 0.127 e. The van der Waals surface area contributed by atoms with Crippen LogP contribution in [0.15, 0.2) is 18.2 Å². The van der Waals surface area contributed by atoms with Gasteiger partial charge < -0.3 is 5.73 Å². The molecule has 3 heteroatoms. The molecule has 0 fully saturated rings. The molecule has 0 radical (unpaired) electrons. The van der Waals surface area contributed by atoms with E-state index in [-0.39, 0.29) is 0 Å². The standard InChI is InChI=1S/C15H21N3/c1-9(2)13-8-14(16)18(17-13)15-11(4)6-10(3)7-12(15)5/h6-9H,16H2,1-5H3. The molecule has 0 unspecified atom stereocenters. The van der Waals surface area contributed by atoms with E-state index in [9.17, 15) is 0 Å². The molecule has 0 aliphatic heterocycles. The van der Waals surface area contributed by atoms with E-state index in [1.54, 1.807) is 0 Å². The molecule has 0 bridgehead atoms. The average molecular weight is 243 g/mol. The third-order valence-corrected chi connectivity index (χ3v) is 3.19. The monoisotopic (exact) mass is 243 g/mol. The molecular weight excluding hydrogens is 222 g/mol. The van der Waals surface area contributed by atoms with Crippen molar-refractivity contribution in [2.45, 2.75) is 40.5 Å². The number of aryl methyl sites for hydroxylation is 3. The summed E-state index contributed by atoms with van der Waals surface area (Å²) in [7, 11) is 0. The summed E-state index contributed by atoms with van der Waals surface area (Å²) < 4.78 is 1.86. The van der Waals surface area contributed by atoms with Crippen molar-refractivity contribution in [2.24, 2.45) is 0 Å². The van der Waals surface area contributed by atoms with Crippen LogP contribution in [-0.4, -0.2) is 9.78 Å². The first-order valence-electron chi connectivity index (χ1n) is 6.33. The zero-order valence-corrected chi connectivity index (χ0v) is 11.8. The van der Waals surface area contributed by atoms with Crippen LogP contribution in [0.25, 0.3) is 5.69 Å². The van der Waals surface area contributed by atoms with Crippen LogP contribution in [0.2, 0.25) is 0 Å². The second-order valence-electron chi connectivity index (χ2n) is 5.31. The minimum atomic E-state index is 0.389. The summed E-state index contributed by atoms with van der Waals surface area (Å²) in [6.45, 7) is 10.6. The minimum Gasteiger partial charge on any atom is -0.384 e. The van der Waals surface area contributed by atoms with E-state index in [1.807, 2.05) is 10.7 Å². The fourth-order valence-corrected chi connectivity index (χ4v) is 2.38. The Bertz CT molecular complexity index is 556. The highest BCUT2D eigenvalue weighted by Gasteiger charge is 2.13. The van der Waals surface area contributed by atoms with Gasteiger partial charge in [-0.2, -0.15) is 5.10 Å². The van der Waals surface area contributed by atoms with Gasteiger partial charge in [0.2, 0.25) is 0 Å². The van der Waals surface area contributed by atoms with Crippen LogP contribution in [0.1, 0.15) is 42.1 Å². The van der Waals surface area contributed by atoms with Gasteiger partial charge in [0.1, 0.15) is 5.82 Å². The SMILES string of the molecule is Cc1cc(C)c(-n2nc(C(C)C)cc2N)c(C)c1. The summed E-state index contributed by atoms with van der Waals surface area (Å²) in [5.74, 6) is 1.09. The van der Waals surface area contributed by atoms with E-state index < -0.39 is 0 Å². The summed E-state index contributed by atoms with van der Waals surface area (Å²) in [5.41, 5.74) is 11.9. The van der Waals surface area contributed by atoms with Crippen LogP contribution in [0.4, 0.5) is 5.82 Å². The number of anilines is 1. The van der Waals surface area contributed by atoms with Crippen molar-refractivity contribution < 1.29 is 0 Å². The molecule has 0 aliphatic carbocycles. The first-order chi connectivity index (χ1) is 8.40. The molecule has 0 atom stereocenters. The molecule has 2 N–H and O–H groups in total. The number of nitrogens with two attached hydrogens (primary N) is 1. The van der Waals surface area contributed by atoms with Crippen LogP contribution < -0.4 is 5.73 Å². The van der Waals surface area contributed by atoms with Crippen molar-refractivity contribution in [3.8, 4) is 5.69 Å². The van der Waals surface area contributed by atoms with Gasteiger partial charge in [-0.25, -0.2) is 4.68 Å². The van der Waals surface area contributed by atoms with Crippen LogP contribution in [0.3, 0.4) is 0 Å². The summed E-state index contributed by atoms with van der Waals surface area (Å²) in [5, 5.41) is 4.62. The molecule has 96 valence electrons. The lowest BCUT2D eigenvalue weighted by atomic mass is 10.1. The number of nitrogen functional groups attached to an aromatic ring is 1. The fourth-order valence-electron chi connectivity index (χ4n) is 2.38. The summed E-state index contributed by atoms with van der Waals surface area (Å²) in [6, 6.07) is 6.29. The molecule has 0 aliphatic rings. The van der Waals surface area contributed by atoms with Crippen molar-refractivity contribution in [3.63, 3.8) is 0 Å². The highest BCUT2D eigenvalue weighted by Crippen LogP contribution is 2.25. The van der Waals surface area contributed by atoms with Gasteiger partial charge in [-0.1, -0.05) is 31.5 Å². The first-order valence-corrected chi connectivity index (χ1v) is 6.33. The number of aromatic nitrogens is 2. The Labute approximate surface area is 109 Å². The number of benzene rings is 1. The number of hydrogen-bond donors (Lipinski definition) is 1. The molecule has 0 spiro atoms. The number of nitrogens with zero attached hydrogens (tertiary/aromatic N) is 2. The molecule has 2 rings (SSSR count). The third-order valence-electron chi connectivity index (χ3n) is 3.19. The topological polar surface area (TPSA) is 43.8 Å². The van der Waals surface area contributed by atoms with Crippen LogP contribution in [0, 0.1) is 20.8 Å². The van der Waals surface area contributed by atoms with Crippen LogP contribution in [0.5, 0.6) is 0 Å². The zero-order valence-electron chi connectivity index (χ0n) is 11.8. The van der Waals surface area contributed by atoms with Crippen molar-refractivity contribution in [1.29, 1.82) is 0 Å². The largest absolute Gasteiger partial charge is 0.384 e. The molecule has 1 heterocycles. The Kier molecular flexibility index (Phi) is 3.16. The predicted octanol–water partition coefficient (Wildman–Crippen LogP) is 3.50. The maximum absolute atomic E-state index is 6.09. The Morgan fingerprint density at radius 1 is 1.06 bits per heavy atom. The quantitative estimate of drug-likeness (QED) is 0.877. The van der Waals surface area contributed by atoms with E-state index in [4.69, 9.17) is 5.73 Å². The highest BCUT2D eigenvalue weighted by atomic mass is 15.3. The molecule has 2 aromatic rings. The average Bonchev–Trinajstić information content (AvgIpc) is 2.59. The van der Waals surface area contributed by atoms with Crippen molar-refractivity contribution in [3.05, 3.63) is 40.6 Å². The zero-order chi connectivity index (χ0) is 13.4. The van der Waals surface area contributed by atoms with Crippen molar-refractivity contribution in [2.75, 3.05) is 5.73 Å². The van der Waals surface area contributed by atoms with Crippen molar-refractivity contribution >= 4 is 5.82 Å². The maximum atomic E-state index is 6.09. The lowest BCUT2D eigenvalue weighted by Crippen LogP contribution is -2.06. The van der Waals surface area contributed by atoms with Gasteiger partial charge in [-0.15, -0.1) is 0 Å². The Balaban J connectivity index is 2.62. The number of rotatable bonds is 2. The predicted molar refractivity (Wildman–Crippen MR) is 76.3 cm³/mol. The second-order valence-corrected chi connectivity index (χ2v) is 5.31. The maximum Gasteiger partial charge on any atom is 0.127 e. The molecule has 0 saturated carbocycles. The molecule has 18 heavy (non-hydrogen) atoms. The highest BCUT2D eigenvalue weighted by molar-refractivity contribution is 5.53. The molecule has 0 saturated heterocycles. The normalized spacial score (nSPS) is 11.2. The van der Waals surface area contributed by atoms with Gasteiger partial charge in [0.15, 0.2) is 0 Å². The molecule has 1 aromatic heterocycles. The van der Waals surface area contributed by atoms with Gasteiger partial charge in [-0.05, 0) is 37.8 Å². The van der Waals surface area contributed by atoms with E-state index in [0.29, 0.717) is 11.7 Å². The molecule has 0 amide bonds. The van der Waals surface area contributed by atoms with Crippen LogP contribution in [-0.2, 0) is 0 Å². The fraction of sp³-hybridized carbons (Fsp3) is 0.400. The van der Waals surface area contributed by atoms with Gasteiger partial charge in [-0.3, -0.25) is 0 Å². The molecule has 3 nitrogen and oxygen atoms in total. The minimum absolute atomic E-state index is 0.389. The Morgan fingerprint density at radius 2 is 1.61 bits per heavy atom. The van der Waals surface area contributed by atoms with E-state index >= 15 is 0 Å². The van der Waals surface area contributed by atoms with E-state index in [2.05, 4.69) is 51.9 Å². The van der Waals surface area contributed by atoms with Gasteiger partial charge in [0, 0.05) is 6.07 Å². The third kappa shape index (κ3) is 2.13. The van der Waals surface area contributed by atoms with Gasteiger partial charge in [0.25, 0.3) is 0 Å².